The number of carbonyl (C=O) groups excluding carboxylic acids is 2. The van der Waals surface area contributed by atoms with Crippen LogP contribution in [0.25, 0.3) is 0 Å². The Hall–Kier alpha value is -1.16. The first-order valence-electron chi connectivity index (χ1n) is 16.5. The van der Waals surface area contributed by atoms with Crippen LogP contribution in [0.5, 0.6) is 0 Å². The minimum Gasteiger partial charge on any atom is -0.453 e. The summed E-state index contributed by atoms with van der Waals surface area (Å²) in [6.07, 6.45) is 19.0. The molecule has 0 bridgehead atoms. The maximum absolute atomic E-state index is 12.3. The second-order valence-corrected chi connectivity index (χ2v) is 11.5. The topological polar surface area (TPSA) is 92.3 Å². The second-order valence-electron chi connectivity index (χ2n) is 11.5. The molecule has 1 aliphatic rings. The van der Waals surface area contributed by atoms with Crippen LogP contribution in [0.2, 0.25) is 0 Å². The fourth-order valence-corrected chi connectivity index (χ4v) is 5.28. The quantitative estimate of drug-likeness (QED) is 0.0721. The van der Waals surface area contributed by atoms with Crippen molar-refractivity contribution in [2.24, 2.45) is 0 Å². The lowest BCUT2D eigenvalue weighted by atomic mass is 9.92. The third-order valence-electron chi connectivity index (χ3n) is 7.79. The highest BCUT2D eigenvalue weighted by Crippen LogP contribution is 2.25. The highest BCUT2D eigenvalue weighted by Gasteiger charge is 2.42. The van der Waals surface area contributed by atoms with E-state index in [9.17, 15) is 9.59 Å². The zero-order chi connectivity index (χ0) is 30.1. The van der Waals surface area contributed by atoms with Crippen molar-refractivity contribution < 1.29 is 33.3 Å². The van der Waals surface area contributed by atoms with E-state index in [4.69, 9.17) is 31.5 Å². The summed E-state index contributed by atoms with van der Waals surface area (Å²) in [6, 6.07) is -0.527. The number of methoxy groups -OCH3 is 2. The molecule has 1 rings (SSSR count). The van der Waals surface area contributed by atoms with Crippen LogP contribution < -0.4 is 5.32 Å². The predicted octanol–water partition coefficient (Wildman–Crippen LogP) is 6.02. The Morgan fingerprint density at radius 2 is 1.37 bits per heavy atom. The molecule has 0 spiro atoms. The standard InChI is InChI=1S/C32H60BNO7/c1-5-6-7-8-9-10-11-12-13-14-15-16-19-22-28(35)40-26(2)32(36)34-23-20-17-18-21-24-39-30-29(38-4)27(25-37-3)41-31(30)33/h26-27,29-31H,5-25H2,1-4H3,(H,34,36)/t26?,27-,29+,30?,31-/m1/s1. The first-order valence-corrected chi connectivity index (χ1v) is 16.5. The number of esters is 1. The van der Waals surface area contributed by atoms with Crippen molar-refractivity contribution in [1.29, 1.82) is 0 Å². The first kappa shape index (κ1) is 37.9. The van der Waals surface area contributed by atoms with Crippen molar-refractivity contribution in [3.63, 3.8) is 0 Å². The van der Waals surface area contributed by atoms with E-state index < -0.39 is 12.1 Å². The van der Waals surface area contributed by atoms with Crippen LogP contribution in [0.4, 0.5) is 0 Å². The normalized spacial score (nSPS) is 21.2. The average Bonchev–Trinajstić information content (AvgIpc) is 3.26. The van der Waals surface area contributed by atoms with Crippen molar-refractivity contribution in [3.8, 4) is 0 Å². The predicted molar refractivity (Wildman–Crippen MR) is 164 cm³/mol. The maximum Gasteiger partial charge on any atom is 0.306 e. The van der Waals surface area contributed by atoms with Crippen LogP contribution in [0.15, 0.2) is 0 Å². The maximum atomic E-state index is 12.3. The van der Waals surface area contributed by atoms with Gasteiger partial charge in [-0.15, -0.1) is 0 Å². The zero-order valence-electron chi connectivity index (χ0n) is 26.7. The number of unbranched alkanes of at least 4 members (excludes halogenated alkanes) is 15. The van der Waals surface area contributed by atoms with Gasteiger partial charge in [0.15, 0.2) is 6.10 Å². The van der Waals surface area contributed by atoms with Crippen molar-refractivity contribution >= 4 is 19.7 Å². The Balaban J connectivity index is 1.95. The Morgan fingerprint density at radius 3 is 1.95 bits per heavy atom. The Kier molecular flexibility index (Phi) is 23.4. The molecule has 2 radical (unpaired) electrons. The van der Waals surface area contributed by atoms with Gasteiger partial charge in [-0.3, -0.25) is 9.59 Å². The van der Waals surface area contributed by atoms with Gasteiger partial charge in [0.05, 0.1) is 6.61 Å². The number of nitrogens with one attached hydrogen (secondary N) is 1. The van der Waals surface area contributed by atoms with Gasteiger partial charge in [0.25, 0.3) is 5.91 Å². The van der Waals surface area contributed by atoms with Crippen LogP contribution >= 0.6 is 0 Å². The Morgan fingerprint density at radius 1 is 0.805 bits per heavy atom. The van der Waals surface area contributed by atoms with E-state index in [0.29, 0.717) is 26.2 Å². The lowest BCUT2D eigenvalue weighted by Crippen LogP contribution is -2.38. The van der Waals surface area contributed by atoms with Crippen LogP contribution in [0.1, 0.15) is 129 Å². The summed E-state index contributed by atoms with van der Waals surface area (Å²) >= 11 is 0. The molecule has 1 saturated heterocycles. The molecule has 5 atom stereocenters. The molecule has 1 fully saturated rings. The summed E-state index contributed by atoms with van der Waals surface area (Å²) in [5, 5.41) is 2.87. The number of rotatable bonds is 27. The Bertz CT molecular complexity index is 654. The summed E-state index contributed by atoms with van der Waals surface area (Å²) in [5.41, 5.74) is 0. The molecule has 1 N–H and O–H groups in total. The summed E-state index contributed by atoms with van der Waals surface area (Å²) in [4.78, 5) is 24.4. The van der Waals surface area contributed by atoms with Gasteiger partial charge in [-0.05, 0) is 26.2 Å². The van der Waals surface area contributed by atoms with Crippen LogP contribution in [0, 0.1) is 0 Å². The van der Waals surface area contributed by atoms with Crippen LogP contribution in [0.3, 0.4) is 0 Å². The molecular weight excluding hydrogens is 521 g/mol. The van der Waals surface area contributed by atoms with Crippen LogP contribution in [-0.2, 0) is 33.3 Å². The highest BCUT2D eigenvalue weighted by atomic mass is 16.6. The number of hydrogen-bond acceptors (Lipinski definition) is 7. The molecule has 2 unspecified atom stereocenters. The van der Waals surface area contributed by atoms with Gasteiger partial charge < -0.3 is 29.0 Å². The molecule has 1 aliphatic heterocycles. The minimum absolute atomic E-state index is 0.227. The van der Waals surface area contributed by atoms with E-state index in [1.807, 2.05) is 0 Å². The SMILES string of the molecule is [B][C@@H]1O[C@H](COC)[C@H](OC)C1OCCCCCCNC(=O)C(C)OC(=O)CCCCCCCCCCCCCCC. The molecule has 41 heavy (non-hydrogen) atoms. The van der Waals surface area contributed by atoms with Crippen molar-refractivity contribution in [1.82, 2.24) is 5.32 Å². The molecule has 0 aromatic carbocycles. The fourth-order valence-electron chi connectivity index (χ4n) is 5.28. The number of ether oxygens (including phenoxy) is 5. The van der Waals surface area contributed by atoms with E-state index in [2.05, 4.69) is 12.2 Å². The lowest BCUT2D eigenvalue weighted by Gasteiger charge is -2.22. The summed E-state index contributed by atoms with van der Waals surface area (Å²) < 4.78 is 27.6. The van der Waals surface area contributed by atoms with Gasteiger partial charge >= 0.3 is 5.97 Å². The molecule has 1 amide bonds. The fraction of sp³-hybridized carbons (Fsp3) is 0.938. The van der Waals surface area contributed by atoms with E-state index in [-0.39, 0.29) is 30.2 Å². The molecule has 8 nitrogen and oxygen atoms in total. The highest BCUT2D eigenvalue weighted by molar-refractivity contribution is 6.11. The molecular formula is C32H60BNO7. The number of carbonyl (C=O) groups is 2. The number of hydrogen-bond donors (Lipinski definition) is 1. The molecule has 9 heteroatoms. The summed E-state index contributed by atoms with van der Waals surface area (Å²) in [6.45, 7) is 5.44. The van der Waals surface area contributed by atoms with Crippen molar-refractivity contribution in [2.75, 3.05) is 34.0 Å². The van der Waals surface area contributed by atoms with E-state index in [0.717, 1.165) is 44.9 Å². The van der Waals surface area contributed by atoms with Gasteiger partial charge in [0, 0.05) is 39.8 Å². The monoisotopic (exact) mass is 581 g/mol. The van der Waals surface area contributed by atoms with Gasteiger partial charge in [0.2, 0.25) is 0 Å². The largest absolute Gasteiger partial charge is 0.453 e. The first-order chi connectivity index (χ1) is 19.9. The molecule has 0 saturated carbocycles. The van der Waals surface area contributed by atoms with Gasteiger partial charge in [-0.2, -0.15) is 0 Å². The van der Waals surface area contributed by atoms with E-state index in [1.54, 1.807) is 21.1 Å². The summed E-state index contributed by atoms with van der Waals surface area (Å²) in [5.74, 6) is -0.522. The van der Waals surface area contributed by atoms with Crippen molar-refractivity contribution in [3.05, 3.63) is 0 Å². The second kappa shape index (κ2) is 25.4. The van der Waals surface area contributed by atoms with E-state index in [1.165, 1.54) is 64.2 Å². The van der Waals surface area contributed by atoms with E-state index >= 15 is 0 Å². The molecule has 0 aliphatic carbocycles. The van der Waals surface area contributed by atoms with Crippen LogP contribution in [-0.4, -0.2) is 84.1 Å². The molecule has 0 aromatic rings. The molecule has 0 aromatic heterocycles. The zero-order valence-corrected chi connectivity index (χ0v) is 26.7. The average molecular weight is 582 g/mol. The molecule has 238 valence electrons. The minimum atomic E-state index is -0.758. The number of amides is 1. The van der Waals surface area contributed by atoms with Gasteiger partial charge in [-0.25, -0.2) is 0 Å². The smallest absolute Gasteiger partial charge is 0.306 e. The summed E-state index contributed by atoms with van der Waals surface area (Å²) in [7, 11) is 9.29. The molecule has 1 heterocycles. The van der Waals surface area contributed by atoms with Crippen molar-refractivity contribution in [2.45, 2.75) is 160 Å². The Labute approximate surface area is 252 Å². The lowest BCUT2D eigenvalue weighted by molar-refractivity contribution is -0.154. The third-order valence-corrected chi connectivity index (χ3v) is 7.79. The van der Waals surface area contributed by atoms with Gasteiger partial charge in [0.1, 0.15) is 26.2 Å². The van der Waals surface area contributed by atoms with Gasteiger partial charge in [-0.1, -0.05) is 96.8 Å². The third kappa shape index (κ3) is 18.2.